The predicted octanol–water partition coefficient (Wildman–Crippen LogP) is 2.03. The highest BCUT2D eigenvalue weighted by Gasteiger charge is 2.09. The summed E-state index contributed by atoms with van der Waals surface area (Å²) in [6.07, 6.45) is 1.62. The number of aromatic carboxylic acids is 1. The van der Waals surface area contributed by atoms with Gasteiger partial charge < -0.3 is 15.4 Å². The number of anilines is 1. The van der Waals surface area contributed by atoms with Crippen molar-refractivity contribution in [3.8, 4) is 0 Å². The Morgan fingerprint density at radius 3 is 2.88 bits per heavy atom. The molecule has 5 heteroatoms. The second-order valence-corrected chi connectivity index (χ2v) is 3.68. The lowest BCUT2D eigenvalue weighted by Gasteiger charge is -2.08. The van der Waals surface area contributed by atoms with Crippen LogP contribution in [0.5, 0.6) is 0 Å². The minimum atomic E-state index is -0.938. The molecule has 2 aromatic rings. The number of H-pyrrole nitrogens is 1. The number of rotatable bonds is 4. The second kappa shape index (κ2) is 4.69. The van der Waals surface area contributed by atoms with E-state index < -0.39 is 5.97 Å². The highest BCUT2D eigenvalue weighted by atomic mass is 16.4. The molecular weight excluding hydrogens is 218 g/mol. The first-order valence-electron chi connectivity index (χ1n) is 5.23. The van der Waals surface area contributed by atoms with Gasteiger partial charge in [0, 0.05) is 11.4 Å². The maximum atomic E-state index is 11.0. The molecule has 1 aromatic carbocycles. The zero-order chi connectivity index (χ0) is 12.3. The normalized spacial score (nSPS) is 10.2. The van der Waals surface area contributed by atoms with Crippen LogP contribution < -0.4 is 5.32 Å². The summed E-state index contributed by atoms with van der Waals surface area (Å²) in [6, 6.07) is 6.81. The number of carboxylic acid groups (broad SMARTS) is 1. The Hall–Kier alpha value is -2.30. The quantitative estimate of drug-likeness (QED) is 0.752. The summed E-state index contributed by atoms with van der Waals surface area (Å²) >= 11 is 0. The fourth-order valence-electron chi connectivity index (χ4n) is 1.57. The molecule has 0 saturated carbocycles. The van der Waals surface area contributed by atoms with Crippen LogP contribution in [0, 0.1) is 6.92 Å². The Bertz CT molecular complexity index is 534. The van der Waals surface area contributed by atoms with Gasteiger partial charge in [-0.1, -0.05) is 12.1 Å². The zero-order valence-corrected chi connectivity index (χ0v) is 9.40. The molecule has 0 saturated heterocycles. The third-order valence-electron chi connectivity index (χ3n) is 2.54. The average molecular weight is 231 g/mol. The lowest BCUT2D eigenvalue weighted by molar-refractivity contribution is 0.0698. The van der Waals surface area contributed by atoms with Gasteiger partial charge in [-0.05, 0) is 19.1 Å². The van der Waals surface area contributed by atoms with Crippen molar-refractivity contribution in [1.29, 1.82) is 0 Å². The lowest BCUT2D eigenvalue weighted by atomic mass is 10.2. The molecule has 2 rings (SSSR count). The maximum Gasteiger partial charge on any atom is 0.337 e. The fourth-order valence-corrected chi connectivity index (χ4v) is 1.57. The van der Waals surface area contributed by atoms with Crippen molar-refractivity contribution in [3.63, 3.8) is 0 Å². The number of nitrogens with one attached hydrogen (secondary N) is 2. The number of aromatic nitrogens is 2. The lowest BCUT2D eigenvalue weighted by Crippen LogP contribution is -2.07. The highest BCUT2D eigenvalue weighted by molar-refractivity contribution is 5.94. The van der Waals surface area contributed by atoms with Crippen molar-refractivity contribution in [2.75, 3.05) is 5.32 Å². The molecule has 3 N–H and O–H groups in total. The van der Waals surface area contributed by atoms with E-state index in [1.165, 1.54) is 0 Å². The number of benzene rings is 1. The van der Waals surface area contributed by atoms with Crippen molar-refractivity contribution >= 4 is 11.7 Å². The average Bonchev–Trinajstić information content (AvgIpc) is 2.72. The van der Waals surface area contributed by atoms with E-state index in [-0.39, 0.29) is 5.56 Å². The van der Waals surface area contributed by atoms with Crippen molar-refractivity contribution < 1.29 is 9.90 Å². The zero-order valence-electron chi connectivity index (χ0n) is 9.40. The van der Waals surface area contributed by atoms with Gasteiger partial charge in [-0.25, -0.2) is 9.78 Å². The van der Waals surface area contributed by atoms with Crippen LogP contribution in [0.15, 0.2) is 30.6 Å². The first-order valence-corrected chi connectivity index (χ1v) is 5.23. The van der Waals surface area contributed by atoms with Gasteiger partial charge in [0.15, 0.2) is 0 Å². The minimum Gasteiger partial charge on any atom is -0.478 e. The molecule has 0 unspecified atom stereocenters. The molecule has 1 heterocycles. The minimum absolute atomic E-state index is 0.265. The summed E-state index contributed by atoms with van der Waals surface area (Å²) in [6.45, 7) is 2.42. The van der Waals surface area contributed by atoms with E-state index in [0.717, 1.165) is 11.4 Å². The summed E-state index contributed by atoms with van der Waals surface area (Å²) in [5.41, 5.74) is 2.72. The van der Waals surface area contributed by atoms with E-state index in [9.17, 15) is 4.79 Å². The molecule has 0 atom stereocenters. The summed E-state index contributed by atoms with van der Waals surface area (Å²) in [5.74, 6) is -0.938. The molecule has 0 bridgehead atoms. The number of nitrogens with zero attached hydrogens (tertiary/aromatic N) is 1. The van der Waals surface area contributed by atoms with Crippen LogP contribution in [-0.4, -0.2) is 21.0 Å². The monoisotopic (exact) mass is 231 g/mol. The Balaban J connectivity index is 2.14. The fraction of sp³-hybridized carbons (Fsp3) is 0.167. The Kier molecular flexibility index (Phi) is 3.09. The molecule has 0 fully saturated rings. The number of hydrogen-bond donors (Lipinski definition) is 3. The van der Waals surface area contributed by atoms with Gasteiger partial charge in [0.25, 0.3) is 0 Å². The summed E-state index contributed by atoms with van der Waals surface area (Å²) < 4.78 is 0. The molecule has 17 heavy (non-hydrogen) atoms. The largest absolute Gasteiger partial charge is 0.478 e. The van der Waals surface area contributed by atoms with Crippen LogP contribution in [0.2, 0.25) is 0 Å². The van der Waals surface area contributed by atoms with Crippen LogP contribution in [-0.2, 0) is 6.54 Å². The van der Waals surface area contributed by atoms with Crippen LogP contribution in [0.25, 0.3) is 0 Å². The highest BCUT2D eigenvalue weighted by Crippen LogP contribution is 2.16. The molecule has 0 amide bonds. The standard InChI is InChI=1S/C12H13N3O2/c1-8-11(15-7-14-8)6-13-10-5-3-2-4-9(10)12(16)17/h2-5,7,13H,6H2,1H3,(H,14,15)(H,16,17). The second-order valence-electron chi connectivity index (χ2n) is 3.68. The number of hydrogen-bond acceptors (Lipinski definition) is 3. The molecule has 0 aliphatic carbocycles. The van der Waals surface area contributed by atoms with Gasteiger partial charge in [0.1, 0.15) is 0 Å². The third-order valence-corrected chi connectivity index (χ3v) is 2.54. The van der Waals surface area contributed by atoms with Gasteiger partial charge in [-0.15, -0.1) is 0 Å². The molecule has 0 aliphatic heterocycles. The smallest absolute Gasteiger partial charge is 0.337 e. The van der Waals surface area contributed by atoms with Crippen LogP contribution in [0.3, 0.4) is 0 Å². The van der Waals surface area contributed by atoms with Crippen LogP contribution >= 0.6 is 0 Å². The number of carboxylic acids is 1. The Morgan fingerprint density at radius 1 is 1.47 bits per heavy atom. The van der Waals surface area contributed by atoms with Gasteiger partial charge >= 0.3 is 5.97 Å². The van der Waals surface area contributed by atoms with Gasteiger partial charge in [0.2, 0.25) is 0 Å². The molecule has 5 nitrogen and oxygen atoms in total. The number of aryl methyl sites for hydroxylation is 1. The van der Waals surface area contributed by atoms with E-state index in [4.69, 9.17) is 5.11 Å². The topological polar surface area (TPSA) is 78.0 Å². The molecule has 0 aliphatic rings. The first-order chi connectivity index (χ1) is 8.18. The molecular formula is C12H13N3O2. The summed E-state index contributed by atoms with van der Waals surface area (Å²) in [5, 5.41) is 12.1. The molecule has 88 valence electrons. The van der Waals surface area contributed by atoms with Gasteiger partial charge in [-0.3, -0.25) is 0 Å². The van der Waals surface area contributed by atoms with E-state index in [0.29, 0.717) is 12.2 Å². The number of imidazole rings is 1. The third kappa shape index (κ3) is 2.44. The Morgan fingerprint density at radius 2 is 2.24 bits per heavy atom. The van der Waals surface area contributed by atoms with E-state index in [1.807, 2.05) is 6.92 Å². The summed E-state index contributed by atoms with van der Waals surface area (Å²) in [4.78, 5) is 18.1. The van der Waals surface area contributed by atoms with E-state index in [2.05, 4.69) is 15.3 Å². The van der Waals surface area contributed by atoms with E-state index >= 15 is 0 Å². The maximum absolute atomic E-state index is 11.0. The van der Waals surface area contributed by atoms with Crippen LogP contribution in [0.1, 0.15) is 21.7 Å². The molecule has 0 radical (unpaired) electrons. The number of para-hydroxylation sites is 1. The van der Waals surface area contributed by atoms with Crippen molar-refractivity contribution in [2.24, 2.45) is 0 Å². The first kappa shape index (κ1) is 11.2. The van der Waals surface area contributed by atoms with E-state index in [1.54, 1.807) is 30.6 Å². The van der Waals surface area contributed by atoms with Crippen molar-refractivity contribution in [2.45, 2.75) is 13.5 Å². The van der Waals surface area contributed by atoms with Crippen molar-refractivity contribution in [3.05, 3.63) is 47.5 Å². The number of carbonyl (C=O) groups is 1. The SMILES string of the molecule is Cc1[nH]cnc1CNc1ccccc1C(=O)O. The van der Waals surface area contributed by atoms with Crippen molar-refractivity contribution in [1.82, 2.24) is 9.97 Å². The molecule has 0 spiro atoms. The van der Waals surface area contributed by atoms with Gasteiger partial charge in [-0.2, -0.15) is 0 Å². The predicted molar refractivity (Wildman–Crippen MR) is 64.1 cm³/mol. The van der Waals surface area contributed by atoms with Gasteiger partial charge in [0.05, 0.1) is 24.1 Å². The Labute approximate surface area is 98.5 Å². The summed E-state index contributed by atoms with van der Waals surface area (Å²) in [7, 11) is 0. The van der Waals surface area contributed by atoms with Crippen LogP contribution in [0.4, 0.5) is 5.69 Å². The molecule has 1 aromatic heterocycles. The number of aromatic amines is 1.